The van der Waals surface area contributed by atoms with Gasteiger partial charge in [0.15, 0.2) is 0 Å². The topological polar surface area (TPSA) is 66.8 Å². The zero-order chi connectivity index (χ0) is 11.8. The van der Waals surface area contributed by atoms with Crippen LogP contribution < -0.4 is 0 Å². The maximum absolute atomic E-state index is 12.3. The van der Waals surface area contributed by atoms with Crippen LogP contribution in [0.5, 0.6) is 0 Å². The minimum absolute atomic E-state index is 0.237. The molecule has 1 aromatic carbocycles. The van der Waals surface area contributed by atoms with E-state index in [2.05, 4.69) is 4.36 Å². The second-order valence-corrected chi connectivity index (χ2v) is 5.65. The summed E-state index contributed by atoms with van der Waals surface area (Å²) in [5.74, 6) is -0.701. The number of rotatable bonds is 1. The van der Waals surface area contributed by atoms with Crippen LogP contribution in [-0.4, -0.2) is 33.8 Å². The first-order valence-electron chi connectivity index (χ1n) is 4.63. The van der Waals surface area contributed by atoms with Gasteiger partial charge < -0.3 is 0 Å². The zero-order valence-electron chi connectivity index (χ0n) is 8.62. The third-order valence-electron chi connectivity index (χ3n) is 2.32. The van der Waals surface area contributed by atoms with Crippen LogP contribution in [0.15, 0.2) is 39.6 Å². The SMILES string of the molecule is CN1C(=O)CS(=O)(c2ccccc2)=NC1=O. The van der Waals surface area contributed by atoms with E-state index >= 15 is 0 Å². The van der Waals surface area contributed by atoms with Gasteiger partial charge in [-0.05, 0) is 12.1 Å². The van der Waals surface area contributed by atoms with Crippen molar-refractivity contribution in [1.29, 1.82) is 0 Å². The third-order valence-corrected chi connectivity index (χ3v) is 4.42. The molecule has 0 aromatic heterocycles. The number of benzene rings is 1. The van der Waals surface area contributed by atoms with Crippen molar-refractivity contribution in [2.24, 2.45) is 4.36 Å². The molecule has 0 N–H and O–H groups in total. The molecular weight excluding hydrogens is 228 g/mol. The average Bonchev–Trinajstić information content (AvgIpc) is 2.27. The summed E-state index contributed by atoms with van der Waals surface area (Å²) in [5.41, 5.74) is 0. The smallest absolute Gasteiger partial charge is 0.273 e. The maximum Gasteiger partial charge on any atom is 0.358 e. The molecule has 0 radical (unpaired) electrons. The van der Waals surface area contributed by atoms with Crippen molar-refractivity contribution in [2.45, 2.75) is 4.90 Å². The highest BCUT2D eigenvalue weighted by molar-refractivity contribution is 7.94. The van der Waals surface area contributed by atoms with Crippen LogP contribution in [0.2, 0.25) is 0 Å². The highest BCUT2D eigenvalue weighted by Crippen LogP contribution is 2.18. The molecule has 1 aliphatic rings. The Hall–Kier alpha value is -1.69. The molecule has 16 heavy (non-hydrogen) atoms. The molecule has 0 bridgehead atoms. The number of imide groups is 1. The van der Waals surface area contributed by atoms with Crippen LogP contribution >= 0.6 is 0 Å². The highest BCUT2D eigenvalue weighted by Gasteiger charge is 2.30. The molecule has 0 saturated heterocycles. The van der Waals surface area contributed by atoms with Gasteiger partial charge in [0.25, 0.3) is 0 Å². The summed E-state index contributed by atoms with van der Waals surface area (Å²) < 4.78 is 15.9. The molecule has 0 saturated carbocycles. The van der Waals surface area contributed by atoms with Gasteiger partial charge in [-0.1, -0.05) is 18.2 Å². The predicted molar refractivity (Wildman–Crippen MR) is 58.3 cm³/mol. The van der Waals surface area contributed by atoms with E-state index in [9.17, 15) is 13.8 Å². The number of amides is 3. The third kappa shape index (κ3) is 1.71. The van der Waals surface area contributed by atoms with Gasteiger partial charge >= 0.3 is 6.03 Å². The standard InChI is InChI=1S/C10H10N2O3S/c1-12-9(13)7-16(15,11-10(12)14)8-5-3-2-4-6-8/h2-6H,7H2,1H3. The van der Waals surface area contributed by atoms with Gasteiger partial charge in [0, 0.05) is 11.9 Å². The lowest BCUT2D eigenvalue weighted by Gasteiger charge is -2.20. The van der Waals surface area contributed by atoms with E-state index in [1.807, 2.05) is 0 Å². The molecule has 3 amide bonds. The first-order valence-corrected chi connectivity index (χ1v) is 6.32. The van der Waals surface area contributed by atoms with Crippen molar-refractivity contribution in [3.63, 3.8) is 0 Å². The minimum Gasteiger partial charge on any atom is -0.273 e. The Labute approximate surface area is 93.2 Å². The van der Waals surface area contributed by atoms with E-state index in [-0.39, 0.29) is 5.75 Å². The fourth-order valence-electron chi connectivity index (χ4n) is 1.36. The molecule has 84 valence electrons. The zero-order valence-corrected chi connectivity index (χ0v) is 9.44. The molecule has 5 nitrogen and oxygen atoms in total. The Bertz CT molecular complexity index is 559. The van der Waals surface area contributed by atoms with Crippen molar-refractivity contribution in [3.8, 4) is 0 Å². The van der Waals surface area contributed by atoms with Crippen LogP contribution in [0, 0.1) is 0 Å². The molecule has 1 aliphatic heterocycles. The summed E-state index contributed by atoms with van der Waals surface area (Å²) in [4.78, 5) is 24.1. The number of carbonyl (C=O) groups excluding carboxylic acids is 2. The predicted octanol–water partition coefficient (Wildman–Crippen LogP) is 1.11. The largest absolute Gasteiger partial charge is 0.358 e. The average molecular weight is 238 g/mol. The van der Waals surface area contributed by atoms with E-state index < -0.39 is 21.7 Å². The number of urea groups is 1. The molecule has 0 spiro atoms. The number of hydrogen-bond donors (Lipinski definition) is 0. The first-order chi connectivity index (χ1) is 7.53. The number of carbonyl (C=O) groups is 2. The lowest BCUT2D eigenvalue weighted by molar-refractivity contribution is -0.124. The van der Waals surface area contributed by atoms with Gasteiger partial charge in [0.1, 0.15) is 5.75 Å². The van der Waals surface area contributed by atoms with E-state index in [0.717, 1.165) is 4.90 Å². The lowest BCUT2D eigenvalue weighted by Crippen LogP contribution is -2.40. The van der Waals surface area contributed by atoms with Crippen molar-refractivity contribution in [1.82, 2.24) is 4.90 Å². The summed E-state index contributed by atoms with van der Waals surface area (Å²) >= 11 is 0. The van der Waals surface area contributed by atoms with Crippen LogP contribution in [-0.2, 0) is 14.5 Å². The van der Waals surface area contributed by atoms with E-state index in [4.69, 9.17) is 0 Å². The Kier molecular flexibility index (Phi) is 2.51. The van der Waals surface area contributed by atoms with E-state index in [1.165, 1.54) is 7.05 Å². The molecule has 2 rings (SSSR count). The van der Waals surface area contributed by atoms with Gasteiger partial charge in [-0.15, -0.1) is 4.36 Å². The van der Waals surface area contributed by atoms with Gasteiger partial charge in [0.05, 0.1) is 9.73 Å². The summed E-state index contributed by atoms with van der Waals surface area (Å²) in [6.07, 6.45) is 0. The monoisotopic (exact) mass is 238 g/mol. The summed E-state index contributed by atoms with van der Waals surface area (Å²) in [6, 6.07) is 7.64. The quantitative estimate of drug-likeness (QED) is 0.736. The summed E-state index contributed by atoms with van der Waals surface area (Å²) in [5, 5.41) is 0. The lowest BCUT2D eigenvalue weighted by atomic mass is 10.4. The van der Waals surface area contributed by atoms with Gasteiger partial charge in [-0.2, -0.15) is 0 Å². The fourth-order valence-corrected chi connectivity index (χ4v) is 3.18. The van der Waals surface area contributed by atoms with Gasteiger partial charge in [-0.3, -0.25) is 9.69 Å². The van der Waals surface area contributed by atoms with E-state index in [1.54, 1.807) is 30.3 Å². The molecule has 1 heterocycles. The highest BCUT2D eigenvalue weighted by atomic mass is 32.2. The second-order valence-electron chi connectivity index (χ2n) is 3.42. The second kappa shape index (κ2) is 3.71. The molecule has 1 unspecified atom stereocenters. The van der Waals surface area contributed by atoms with Crippen LogP contribution in [0.3, 0.4) is 0 Å². The molecule has 6 heteroatoms. The Balaban J connectivity index is 2.56. The van der Waals surface area contributed by atoms with Crippen molar-refractivity contribution in [3.05, 3.63) is 30.3 Å². The maximum atomic E-state index is 12.3. The number of hydrogen-bond acceptors (Lipinski definition) is 3. The van der Waals surface area contributed by atoms with E-state index in [0.29, 0.717) is 4.90 Å². The normalized spacial score (nSPS) is 25.4. The van der Waals surface area contributed by atoms with Crippen molar-refractivity contribution < 1.29 is 13.8 Å². The van der Waals surface area contributed by atoms with Crippen LogP contribution in [0.1, 0.15) is 0 Å². The Morgan fingerprint density at radius 2 is 1.88 bits per heavy atom. The molecule has 1 aromatic rings. The Morgan fingerprint density at radius 3 is 2.44 bits per heavy atom. The number of nitrogens with zero attached hydrogens (tertiary/aromatic N) is 2. The van der Waals surface area contributed by atoms with Crippen molar-refractivity contribution >= 4 is 21.7 Å². The van der Waals surface area contributed by atoms with Crippen LogP contribution in [0.4, 0.5) is 4.79 Å². The minimum atomic E-state index is -2.92. The Morgan fingerprint density at radius 1 is 1.25 bits per heavy atom. The molecule has 1 atom stereocenters. The molecule has 0 aliphatic carbocycles. The summed E-state index contributed by atoms with van der Waals surface area (Å²) in [6.45, 7) is 0. The fraction of sp³-hybridized carbons (Fsp3) is 0.200. The molecular formula is C10H10N2O3S. The molecule has 0 fully saturated rings. The van der Waals surface area contributed by atoms with Crippen LogP contribution in [0.25, 0.3) is 0 Å². The van der Waals surface area contributed by atoms with Gasteiger partial charge in [-0.25, -0.2) is 9.00 Å². The van der Waals surface area contributed by atoms with Gasteiger partial charge in [0.2, 0.25) is 5.91 Å². The first kappa shape index (κ1) is 10.8. The van der Waals surface area contributed by atoms with Crippen molar-refractivity contribution in [2.75, 3.05) is 12.8 Å². The summed E-state index contributed by atoms with van der Waals surface area (Å²) in [7, 11) is -1.58.